The van der Waals surface area contributed by atoms with Crippen LogP contribution in [0.1, 0.15) is 29.8 Å². The number of hydrogen-bond acceptors (Lipinski definition) is 3. The summed E-state index contributed by atoms with van der Waals surface area (Å²) in [5, 5.41) is 4.25. The number of aromatic nitrogens is 2. The van der Waals surface area contributed by atoms with E-state index in [2.05, 4.69) is 9.84 Å². The number of nitrogens with two attached hydrogens (primary N) is 1. The molecule has 0 fully saturated rings. The largest absolute Gasteiger partial charge is 0.573 e. The Kier molecular flexibility index (Phi) is 4.22. The summed E-state index contributed by atoms with van der Waals surface area (Å²) in [7, 11) is 1.74. The molecule has 2 N–H and O–H groups in total. The Morgan fingerprint density at radius 3 is 2.57 bits per heavy atom. The van der Waals surface area contributed by atoms with Gasteiger partial charge in [-0.1, -0.05) is 25.1 Å². The fourth-order valence-corrected chi connectivity index (χ4v) is 2.21. The highest BCUT2D eigenvalue weighted by Gasteiger charge is 2.33. The van der Waals surface area contributed by atoms with Crippen molar-refractivity contribution in [1.82, 2.24) is 9.78 Å². The topological polar surface area (TPSA) is 53.1 Å². The van der Waals surface area contributed by atoms with Gasteiger partial charge in [-0.25, -0.2) is 0 Å². The predicted molar refractivity (Wildman–Crippen MR) is 71.7 cm³/mol. The van der Waals surface area contributed by atoms with Crippen molar-refractivity contribution in [3.05, 3.63) is 47.3 Å². The van der Waals surface area contributed by atoms with Crippen molar-refractivity contribution in [2.75, 3.05) is 0 Å². The maximum absolute atomic E-state index is 12.5. The van der Waals surface area contributed by atoms with E-state index in [9.17, 15) is 13.2 Å². The Bertz CT molecular complexity index is 622. The van der Waals surface area contributed by atoms with Gasteiger partial charge < -0.3 is 10.5 Å². The maximum Gasteiger partial charge on any atom is 0.573 e. The molecule has 0 aliphatic carbocycles. The summed E-state index contributed by atoms with van der Waals surface area (Å²) in [5.41, 5.74) is 7.85. The Hall–Kier alpha value is -2.02. The minimum absolute atomic E-state index is 0.275. The van der Waals surface area contributed by atoms with Gasteiger partial charge in [0, 0.05) is 24.4 Å². The van der Waals surface area contributed by atoms with Crippen LogP contribution in [0, 0.1) is 0 Å². The predicted octanol–water partition coefficient (Wildman–Crippen LogP) is 2.93. The van der Waals surface area contributed by atoms with Gasteiger partial charge in [0.05, 0.1) is 11.7 Å². The van der Waals surface area contributed by atoms with Crippen molar-refractivity contribution in [2.24, 2.45) is 12.8 Å². The lowest BCUT2D eigenvalue weighted by molar-refractivity contribution is -0.274. The summed E-state index contributed by atoms with van der Waals surface area (Å²) < 4.78 is 43.0. The van der Waals surface area contributed by atoms with Gasteiger partial charge in [0.25, 0.3) is 0 Å². The zero-order valence-electron chi connectivity index (χ0n) is 11.7. The molecule has 0 saturated heterocycles. The van der Waals surface area contributed by atoms with E-state index in [-0.39, 0.29) is 11.3 Å². The van der Waals surface area contributed by atoms with E-state index in [1.54, 1.807) is 24.0 Å². The van der Waals surface area contributed by atoms with Crippen LogP contribution in [-0.4, -0.2) is 16.1 Å². The van der Waals surface area contributed by atoms with E-state index < -0.39 is 12.4 Å². The van der Waals surface area contributed by atoms with E-state index in [1.165, 1.54) is 18.2 Å². The monoisotopic (exact) mass is 299 g/mol. The second kappa shape index (κ2) is 5.77. The van der Waals surface area contributed by atoms with Crippen LogP contribution in [0.4, 0.5) is 13.2 Å². The fraction of sp³-hybridized carbons (Fsp3) is 0.357. The third kappa shape index (κ3) is 3.55. The fourth-order valence-electron chi connectivity index (χ4n) is 2.21. The van der Waals surface area contributed by atoms with Crippen molar-refractivity contribution < 1.29 is 17.9 Å². The van der Waals surface area contributed by atoms with Gasteiger partial charge in [-0.2, -0.15) is 5.10 Å². The lowest BCUT2D eigenvalue weighted by Gasteiger charge is -2.17. The van der Waals surface area contributed by atoms with Gasteiger partial charge in [-0.15, -0.1) is 13.2 Å². The van der Waals surface area contributed by atoms with Gasteiger partial charge >= 0.3 is 6.36 Å². The highest BCUT2D eigenvalue weighted by molar-refractivity contribution is 5.42. The minimum Gasteiger partial charge on any atom is -0.405 e. The quantitative estimate of drug-likeness (QED) is 0.944. The number of hydrogen-bond donors (Lipinski definition) is 1. The first kappa shape index (κ1) is 15.4. The van der Waals surface area contributed by atoms with Gasteiger partial charge in [0.2, 0.25) is 0 Å². The standard InChI is InChI=1S/C14H16F3N3O/c1-3-11-10(8-20(2)19-11)13(18)9-6-4-5-7-12(9)21-14(15,16)17/h4-8,13H,3,18H2,1-2H3. The molecule has 114 valence electrons. The van der Waals surface area contributed by atoms with Crippen LogP contribution in [0.2, 0.25) is 0 Å². The van der Waals surface area contributed by atoms with Gasteiger partial charge in [-0.05, 0) is 12.5 Å². The molecule has 0 radical (unpaired) electrons. The number of aryl methyl sites for hydroxylation is 2. The summed E-state index contributed by atoms with van der Waals surface area (Å²) in [6.07, 6.45) is -2.39. The van der Waals surface area contributed by atoms with Crippen LogP contribution in [0.5, 0.6) is 5.75 Å². The van der Waals surface area contributed by atoms with E-state index in [0.717, 1.165) is 5.69 Å². The molecule has 1 aromatic heterocycles. The molecule has 1 atom stereocenters. The second-order valence-electron chi connectivity index (χ2n) is 4.62. The molecule has 1 heterocycles. The molecule has 21 heavy (non-hydrogen) atoms. The Morgan fingerprint density at radius 2 is 1.95 bits per heavy atom. The van der Waals surface area contributed by atoms with Gasteiger partial charge in [0.15, 0.2) is 0 Å². The molecule has 7 heteroatoms. The third-order valence-corrected chi connectivity index (χ3v) is 3.09. The number of ether oxygens (including phenoxy) is 1. The van der Waals surface area contributed by atoms with Crippen LogP contribution >= 0.6 is 0 Å². The number of alkyl halides is 3. The summed E-state index contributed by atoms with van der Waals surface area (Å²) in [6.45, 7) is 1.91. The SMILES string of the molecule is CCc1nn(C)cc1C(N)c1ccccc1OC(F)(F)F. The van der Waals surface area contributed by atoms with Crippen LogP contribution in [0.25, 0.3) is 0 Å². The summed E-state index contributed by atoms with van der Waals surface area (Å²) in [4.78, 5) is 0. The maximum atomic E-state index is 12.5. The lowest BCUT2D eigenvalue weighted by Crippen LogP contribution is -2.21. The third-order valence-electron chi connectivity index (χ3n) is 3.09. The number of rotatable bonds is 4. The number of nitrogens with zero attached hydrogens (tertiary/aromatic N) is 2. The summed E-state index contributed by atoms with van der Waals surface area (Å²) in [6, 6.07) is 5.15. The average molecular weight is 299 g/mol. The molecule has 1 unspecified atom stereocenters. The van der Waals surface area contributed by atoms with Gasteiger partial charge in [-0.3, -0.25) is 4.68 Å². The smallest absolute Gasteiger partial charge is 0.405 e. The molecular weight excluding hydrogens is 283 g/mol. The molecular formula is C14H16F3N3O. The molecule has 2 aromatic rings. The molecule has 0 spiro atoms. The van der Waals surface area contributed by atoms with E-state index in [0.29, 0.717) is 12.0 Å². The molecule has 0 aliphatic heterocycles. The number of para-hydroxylation sites is 1. The van der Waals surface area contributed by atoms with Crippen LogP contribution in [0.3, 0.4) is 0 Å². The summed E-state index contributed by atoms with van der Waals surface area (Å²) in [5.74, 6) is -0.289. The lowest BCUT2D eigenvalue weighted by atomic mass is 9.98. The summed E-state index contributed by atoms with van der Waals surface area (Å²) >= 11 is 0. The van der Waals surface area contributed by atoms with Crippen molar-refractivity contribution in [2.45, 2.75) is 25.7 Å². The van der Waals surface area contributed by atoms with Crippen molar-refractivity contribution >= 4 is 0 Å². The van der Waals surface area contributed by atoms with Crippen LogP contribution < -0.4 is 10.5 Å². The molecule has 2 rings (SSSR count). The molecule has 4 nitrogen and oxygen atoms in total. The minimum atomic E-state index is -4.75. The Labute approximate surface area is 120 Å². The number of halogens is 3. The molecule has 0 aliphatic rings. The molecule has 0 bridgehead atoms. The normalized spacial score (nSPS) is 13.2. The van der Waals surface area contributed by atoms with E-state index in [4.69, 9.17) is 5.73 Å². The molecule has 1 aromatic carbocycles. The first-order valence-corrected chi connectivity index (χ1v) is 6.44. The van der Waals surface area contributed by atoms with E-state index >= 15 is 0 Å². The zero-order chi connectivity index (χ0) is 15.6. The van der Waals surface area contributed by atoms with E-state index in [1.807, 2.05) is 6.92 Å². The molecule has 0 amide bonds. The second-order valence-corrected chi connectivity index (χ2v) is 4.62. The van der Waals surface area contributed by atoms with Crippen molar-refractivity contribution in [3.8, 4) is 5.75 Å². The van der Waals surface area contributed by atoms with Crippen molar-refractivity contribution in [3.63, 3.8) is 0 Å². The van der Waals surface area contributed by atoms with Crippen LogP contribution in [-0.2, 0) is 13.5 Å². The average Bonchev–Trinajstić information content (AvgIpc) is 2.78. The van der Waals surface area contributed by atoms with Gasteiger partial charge in [0.1, 0.15) is 5.75 Å². The first-order chi connectivity index (χ1) is 9.81. The number of benzene rings is 1. The van der Waals surface area contributed by atoms with Crippen molar-refractivity contribution in [1.29, 1.82) is 0 Å². The Balaban J connectivity index is 2.41. The Morgan fingerprint density at radius 1 is 1.29 bits per heavy atom. The molecule has 0 saturated carbocycles. The first-order valence-electron chi connectivity index (χ1n) is 6.44. The highest BCUT2D eigenvalue weighted by atomic mass is 19.4. The zero-order valence-corrected chi connectivity index (χ0v) is 11.7. The van der Waals surface area contributed by atoms with Crippen LogP contribution in [0.15, 0.2) is 30.5 Å². The highest BCUT2D eigenvalue weighted by Crippen LogP contribution is 2.33.